The molecule has 1 heterocycles. The van der Waals surface area contributed by atoms with Crippen molar-refractivity contribution >= 4 is 10.9 Å². The fourth-order valence-corrected chi connectivity index (χ4v) is 1.56. The number of benzene rings is 1. The molecule has 2 rings (SSSR count). The lowest BCUT2D eigenvalue weighted by atomic mass is 10.2. The zero-order valence-corrected chi connectivity index (χ0v) is 8.11. The Morgan fingerprint density at radius 2 is 2.14 bits per heavy atom. The van der Waals surface area contributed by atoms with E-state index in [-0.39, 0.29) is 0 Å². The Hall–Kier alpha value is -1.95. The number of nitriles is 1. The third-order valence-corrected chi connectivity index (χ3v) is 2.36. The van der Waals surface area contributed by atoms with Crippen LogP contribution in [0.5, 0.6) is 5.75 Å². The minimum atomic E-state index is 0.660. The number of aromatic nitrogens is 1. The van der Waals surface area contributed by atoms with Crippen molar-refractivity contribution < 1.29 is 4.74 Å². The van der Waals surface area contributed by atoms with Gasteiger partial charge >= 0.3 is 0 Å². The summed E-state index contributed by atoms with van der Waals surface area (Å²) in [5, 5.41) is 9.87. The Bertz CT molecular complexity index is 520. The molecule has 3 heteroatoms. The minimum Gasteiger partial charge on any atom is -0.497 e. The van der Waals surface area contributed by atoms with Crippen LogP contribution in [0.15, 0.2) is 24.3 Å². The molecule has 14 heavy (non-hydrogen) atoms. The second-order valence-electron chi connectivity index (χ2n) is 3.13. The molecule has 0 unspecified atom stereocenters. The van der Waals surface area contributed by atoms with Gasteiger partial charge in [0.25, 0.3) is 0 Å². The van der Waals surface area contributed by atoms with Crippen molar-refractivity contribution in [2.75, 3.05) is 7.11 Å². The van der Waals surface area contributed by atoms with Crippen molar-refractivity contribution in [3.63, 3.8) is 0 Å². The van der Waals surface area contributed by atoms with E-state index in [1.54, 1.807) is 7.11 Å². The quantitative estimate of drug-likeness (QED) is 0.683. The van der Waals surface area contributed by atoms with Gasteiger partial charge in [0.1, 0.15) is 17.5 Å². The smallest absolute Gasteiger partial charge is 0.121 e. The second-order valence-corrected chi connectivity index (χ2v) is 3.13. The molecule has 1 aromatic heterocycles. The van der Waals surface area contributed by atoms with E-state index in [1.165, 1.54) is 0 Å². The van der Waals surface area contributed by atoms with Gasteiger partial charge in [0.15, 0.2) is 0 Å². The molecule has 0 atom stereocenters. The Kier molecular flexibility index (Phi) is 1.90. The van der Waals surface area contributed by atoms with Crippen molar-refractivity contribution in [2.24, 2.45) is 7.05 Å². The fraction of sp³-hybridized carbons (Fsp3) is 0.182. The van der Waals surface area contributed by atoms with Gasteiger partial charge in [-0.1, -0.05) is 0 Å². The first-order valence-electron chi connectivity index (χ1n) is 4.30. The molecular weight excluding hydrogens is 176 g/mol. The first-order valence-corrected chi connectivity index (χ1v) is 4.30. The Morgan fingerprint density at radius 3 is 2.79 bits per heavy atom. The molecule has 0 N–H and O–H groups in total. The van der Waals surface area contributed by atoms with Crippen LogP contribution in [0.1, 0.15) is 5.69 Å². The van der Waals surface area contributed by atoms with E-state index < -0.39 is 0 Å². The first-order chi connectivity index (χ1) is 6.76. The zero-order valence-electron chi connectivity index (χ0n) is 8.11. The predicted molar refractivity (Wildman–Crippen MR) is 54.2 cm³/mol. The topological polar surface area (TPSA) is 37.9 Å². The SMILES string of the molecule is COc1ccc2c(c1)cc(C#N)n2C. The van der Waals surface area contributed by atoms with Gasteiger partial charge in [-0.25, -0.2) is 0 Å². The summed E-state index contributed by atoms with van der Waals surface area (Å²) >= 11 is 0. The average molecular weight is 186 g/mol. The van der Waals surface area contributed by atoms with E-state index >= 15 is 0 Å². The lowest BCUT2D eigenvalue weighted by Gasteiger charge is -2.00. The highest BCUT2D eigenvalue weighted by molar-refractivity contribution is 5.83. The molecule has 0 aliphatic rings. The summed E-state index contributed by atoms with van der Waals surface area (Å²) in [6, 6.07) is 9.78. The molecule has 0 amide bonds. The van der Waals surface area contributed by atoms with Crippen LogP contribution in [0.25, 0.3) is 10.9 Å². The van der Waals surface area contributed by atoms with Crippen LogP contribution in [-0.4, -0.2) is 11.7 Å². The Balaban J connectivity index is 2.74. The van der Waals surface area contributed by atoms with Crippen LogP contribution in [0, 0.1) is 11.3 Å². The maximum atomic E-state index is 8.84. The third-order valence-electron chi connectivity index (χ3n) is 2.36. The van der Waals surface area contributed by atoms with Crippen LogP contribution >= 0.6 is 0 Å². The van der Waals surface area contributed by atoms with Gasteiger partial charge in [0, 0.05) is 18.0 Å². The molecule has 0 fully saturated rings. The molecule has 2 aromatic rings. The van der Waals surface area contributed by atoms with Crippen molar-refractivity contribution in [3.05, 3.63) is 30.0 Å². The molecule has 1 aromatic carbocycles. The minimum absolute atomic E-state index is 0.660. The summed E-state index contributed by atoms with van der Waals surface area (Å²) < 4.78 is 6.98. The van der Waals surface area contributed by atoms with Crippen molar-refractivity contribution in [2.45, 2.75) is 0 Å². The van der Waals surface area contributed by atoms with Crippen LogP contribution in [0.2, 0.25) is 0 Å². The highest BCUT2D eigenvalue weighted by Crippen LogP contribution is 2.23. The maximum absolute atomic E-state index is 8.84. The first kappa shape index (κ1) is 8.64. The number of hydrogen-bond donors (Lipinski definition) is 0. The van der Waals surface area contributed by atoms with Crippen LogP contribution in [0.4, 0.5) is 0 Å². The number of nitrogens with zero attached hydrogens (tertiary/aromatic N) is 2. The zero-order chi connectivity index (χ0) is 10.1. The summed E-state index contributed by atoms with van der Waals surface area (Å²) in [4.78, 5) is 0. The number of aryl methyl sites for hydroxylation is 1. The standard InChI is InChI=1S/C11H10N2O/c1-13-9(7-12)5-8-6-10(14-2)3-4-11(8)13/h3-6H,1-2H3. The van der Waals surface area contributed by atoms with Crippen LogP contribution < -0.4 is 4.74 Å². The van der Waals surface area contributed by atoms with Gasteiger partial charge in [-0.3, -0.25) is 0 Å². The van der Waals surface area contributed by atoms with E-state index in [9.17, 15) is 0 Å². The molecule has 0 radical (unpaired) electrons. The molecule has 0 saturated carbocycles. The van der Waals surface area contributed by atoms with Gasteiger partial charge in [0.2, 0.25) is 0 Å². The van der Waals surface area contributed by atoms with E-state index in [0.717, 1.165) is 16.7 Å². The van der Waals surface area contributed by atoms with Crippen molar-refractivity contribution in [1.29, 1.82) is 5.26 Å². The van der Waals surface area contributed by atoms with Gasteiger partial charge in [0.05, 0.1) is 7.11 Å². The lowest BCUT2D eigenvalue weighted by Crippen LogP contribution is -1.90. The predicted octanol–water partition coefficient (Wildman–Crippen LogP) is 2.06. The molecule has 0 saturated heterocycles. The highest BCUT2D eigenvalue weighted by atomic mass is 16.5. The largest absolute Gasteiger partial charge is 0.497 e. The molecule has 0 aliphatic carbocycles. The summed E-state index contributed by atoms with van der Waals surface area (Å²) in [6.45, 7) is 0. The number of rotatable bonds is 1. The molecule has 0 bridgehead atoms. The van der Waals surface area contributed by atoms with E-state index in [2.05, 4.69) is 6.07 Å². The monoisotopic (exact) mass is 186 g/mol. The van der Waals surface area contributed by atoms with E-state index in [1.807, 2.05) is 35.9 Å². The molecule has 0 aliphatic heterocycles. The number of ether oxygens (including phenoxy) is 1. The summed E-state index contributed by atoms with van der Waals surface area (Å²) in [7, 11) is 3.52. The number of fused-ring (bicyclic) bond motifs is 1. The maximum Gasteiger partial charge on any atom is 0.121 e. The Morgan fingerprint density at radius 1 is 1.36 bits per heavy atom. The molecule has 70 valence electrons. The van der Waals surface area contributed by atoms with Crippen LogP contribution in [0.3, 0.4) is 0 Å². The van der Waals surface area contributed by atoms with Gasteiger partial charge in [-0.2, -0.15) is 5.26 Å². The summed E-state index contributed by atoms with van der Waals surface area (Å²) in [5.41, 5.74) is 1.70. The van der Waals surface area contributed by atoms with Crippen LogP contribution in [-0.2, 0) is 7.05 Å². The molecule has 3 nitrogen and oxygen atoms in total. The van der Waals surface area contributed by atoms with Gasteiger partial charge in [-0.05, 0) is 24.3 Å². The third kappa shape index (κ3) is 1.12. The number of methoxy groups -OCH3 is 1. The average Bonchev–Trinajstić information content (AvgIpc) is 2.55. The Labute approximate surface area is 82.1 Å². The normalized spacial score (nSPS) is 10.1. The lowest BCUT2D eigenvalue weighted by molar-refractivity contribution is 0.415. The summed E-state index contributed by atoms with van der Waals surface area (Å²) in [6.07, 6.45) is 0. The summed E-state index contributed by atoms with van der Waals surface area (Å²) in [5.74, 6) is 0.813. The van der Waals surface area contributed by atoms with Gasteiger partial charge < -0.3 is 9.30 Å². The van der Waals surface area contributed by atoms with Crippen molar-refractivity contribution in [1.82, 2.24) is 4.57 Å². The molecular formula is C11H10N2O. The van der Waals surface area contributed by atoms with E-state index in [4.69, 9.17) is 10.00 Å². The number of hydrogen-bond acceptors (Lipinski definition) is 2. The van der Waals surface area contributed by atoms with E-state index in [0.29, 0.717) is 5.69 Å². The van der Waals surface area contributed by atoms with Gasteiger partial charge in [-0.15, -0.1) is 0 Å². The fourth-order valence-electron chi connectivity index (χ4n) is 1.56. The second kappa shape index (κ2) is 3.08. The van der Waals surface area contributed by atoms with Crippen molar-refractivity contribution in [3.8, 4) is 11.8 Å². The highest BCUT2D eigenvalue weighted by Gasteiger charge is 2.05. The molecule has 0 spiro atoms.